The number of hydrogen-bond acceptors (Lipinski definition) is 4. The molecule has 0 aromatic carbocycles. The molecule has 0 saturated heterocycles. The molecule has 2 rings (SSSR count). The molecule has 2 heterocycles. The van der Waals surface area contributed by atoms with E-state index in [4.69, 9.17) is 5.11 Å². The maximum absolute atomic E-state index is 11.0. The van der Waals surface area contributed by atoms with E-state index in [-0.39, 0.29) is 11.7 Å². The monoisotopic (exact) mass is 276 g/mol. The number of pyridine rings is 1. The Kier molecular flexibility index (Phi) is 4.16. The first kappa shape index (κ1) is 13.5. The molecule has 0 spiro atoms. The summed E-state index contributed by atoms with van der Waals surface area (Å²) in [7, 11) is 0. The average Bonchev–Trinajstić information content (AvgIpc) is 2.88. The molecule has 0 fully saturated rings. The Labute approximate surface area is 116 Å². The SMILES string of the molecule is CC(C)N(Cc1cccs1)c1ccnc(C(=O)O)c1. The van der Waals surface area contributed by atoms with E-state index in [1.807, 2.05) is 17.5 Å². The van der Waals surface area contributed by atoms with Crippen molar-refractivity contribution in [3.05, 3.63) is 46.4 Å². The third-order valence-electron chi connectivity index (χ3n) is 2.82. The van der Waals surface area contributed by atoms with Crippen LogP contribution in [0.3, 0.4) is 0 Å². The van der Waals surface area contributed by atoms with Gasteiger partial charge in [0.25, 0.3) is 0 Å². The second-order valence-electron chi connectivity index (χ2n) is 4.51. The zero-order chi connectivity index (χ0) is 13.8. The zero-order valence-corrected chi connectivity index (χ0v) is 11.7. The summed E-state index contributed by atoms with van der Waals surface area (Å²) in [6, 6.07) is 7.86. The Morgan fingerprint density at radius 3 is 2.84 bits per heavy atom. The van der Waals surface area contributed by atoms with E-state index < -0.39 is 5.97 Å². The molecule has 2 aromatic rings. The molecule has 1 N–H and O–H groups in total. The van der Waals surface area contributed by atoms with E-state index in [1.165, 1.54) is 4.88 Å². The van der Waals surface area contributed by atoms with Crippen LogP contribution in [0.15, 0.2) is 35.8 Å². The van der Waals surface area contributed by atoms with Gasteiger partial charge in [-0.1, -0.05) is 6.07 Å². The summed E-state index contributed by atoms with van der Waals surface area (Å²) in [5, 5.41) is 11.1. The number of carbonyl (C=O) groups is 1. The van der Waals surface area contributed by atoms with Gasteiger partial charge in [0.05, 0.1) is 6.54 Å². The molecular formula is C14H16N2O2S. The van der Waals surface area contributed by atoms with E-state index in [0.29, 0.717) is 0 Å². The van der Waals surface area contributed by atoms with E-state index in [9.17, 15) is 4.79 Å². The molecule has 5 heteroatoms. The lowest BCUT2D eigenvalue weighted by Gasteiger charge is -2.28. The quantitative estimate of drug-likeness (QED) is 0.910. The number of nitrogens with zero attached hydrogens (tertiary/aromatic N) is 2. The Morgan fingerprint density at radius 2 is 2.26 bits per heavy atom. The van der Waals surface area contributed by atoms with Gasteiger partial charge in [-0.2, -0.15) is 0 Å². The van der Waals surface area contributed by atoms with Crippen LogP contribution in [-0.4, -0.2) is 22.1 Å². The lowest BCUT2D eigenvalue weighted by atomic mass is 10.2. The van der Waals surface area contributed by atoms with Crippen LogP contribution in [0.5, 0.6) is 0 Å². The van der Waals surface area contributed by atoms with Crippen molar-refractivity contribution in [2.75, 3.05) is 4.90 Å². The lowest BCUT2D eigenvalue weighted by molar-refractivity contribution is 0.0690. The van der Waals surface area contributed by atoms with Crippen molar-refractivity contribution in [2.45, 2.75) is 26.4 Å². The summed E-state index contributed by atoms with van der Waals surface area (Å²) in [6.45, 7) is 4.96. The minimum absolute atomic E-state index is 0.0781. The summed E-state index contributed by atoms with van der Waals surface area (Å²) < 4.78 is 0. The molecule has 0 aliphatic carbocycles. The van der Waals surface area contributed by atoms with E-state index in [1.54, 1.807) is 23.6 Å². The highest BCUT2D eigenvalue weighted by Gasteiger charge is 2.14. The highest BCUT2D eigenvalue weighted by molar-refractivity contribution is 7.09. The topological polar surface area (TPSA) is 53.4 Å². The summed E-state index contributed by atoms with van der Waals surface area (Å²) in [4.78, 5) is 18.3. The van der Waals surface area contributed by atoms with Crippen molar-refractivity contribution in [2.24, 2.45) is 0 Å². The fraction of sp³-hybridized carbons (Fsp3) is 0.286. The van der Waals surface area contributed by atoms with Crippen molar-refractivity contribution >= 4 is 23.0 Å². The van der Waals surface area contributed by atoms with Crippen LogP contribution in [0, 0.1) is 0 Å². The van der Waals surface area contributed by atoms with Gasteiger partial charge in [0.1, 0.15) is 5.69 Å². The summed E-state index contributed by atoms with van der Waals surface area (Å²) in [5.41, 5.74) is 0.963. The molecule has 2 aromatic heterocycles. The lowest BCUT2D eigenvalue weighted by Crippen LogP contribution is -2.30. The molecular weight excluding hydrogens is 260 g/mol. The summed E-state index contributed by atoms with van der Waals surface area (Å²) in [5.74, 6) is -0.998. The molecule has 100 valence electrons. The van der Waals surface area contributed by atoms with Crippen LogP contribution >= 0.6 is 11.3 Å². The number of aromatic carboxylic acids is 1. The van der Waals surface area contributed by atoms with Crippen LogP contribution in [-0.2, 0) is 6.54 Å². The maximum Gasteiger partial charge on any atom is 0.354 e. The summed E-state index contributed by atoms with van der Waals surface area (Å²) >= 11 is 1.70. The predicted molar refractivity (Wildman–Crippen MR) is 76.8 cm³/mol. The molecule has 0 aliphatic rings. The number of anilines is 1. The van der Waals surface area contributed by atoms with Gasteiger partial charge in [-0.15, -0.1) is 11.3 Å². The van der Waals surface area contributed by atoms with Crippen molar-refractivity contribution in [3.63, 3.8) is 0 Å². The molecule has 0 atom stereocenters. The van der Waals surface area contributed by atoms with E-state index in [2.05, 4.69) is 29.8 Å². The van der Waals surface area contributed by atoms with Crippen molar-refractivity contribution < 1.29 is 9.90 Å². The molecule has 0 saturated carbocycles. The van der Waals surface area contributed by atoms with E-state index in [0.717, 1.165) is 12.2 Å². The van der Waals surface area contributed by atoms with Gasteiger partial charge in [0, 0.05) is 22.8 Å². The van der Waals surface area contributed by atoms with Crippen LogP contribution in [0.2, 0.25) is 0 Å². The van der Waals surface area contributed by atoms with Gasteiger partial charge >= 0.3 is 5.97 Å². The highest BCUT2D eigenvalue weighted by atomic mass is 32.1. The minimum Gasteiger partial charge on any atom is -0.477 e. The number of rotatable bonds is 5. The third-order valence-corrected chi connectivity index (χ3v) is 3.69. The van der Waals surface area contributed by atoms with Crippen LogP contribution in [0.25, 0.3) is 0 Å². The van der Waals surface area contributed by atoms with Crippen LogP contribution < -0.4 is 4.90 Å². The fourth-order valence-corrected chi connectivity index (χ4v) is 2.56. The number of aromatic nitrogens is 1. The minimum atomic E-state index is -0.998. The Bertz CT molecular complexity index is 552. The molecule has 0 aliphatic heterocycles. The molecule has 19 heavy (non-hydrogen) atoms. The van der Waals surface area contributed by atoms with Gasteiger partial charge in [-0.05, 0) is 37.4 Å². The van der Waals surface area contributed by atoms with Crippen LogP contribution in [0.4, 0.5) is 5.69 Å². The maximum atomic E-state index is 11.0. The Hall–Kier alpha value is -1.88. The van der Waals surface area contributed by atoms with Crippen molar-refractivity contribution in [3.8, 4) is 0 Å². The van der Waals surface area contributed by atoms with E-state index >= 15 is 0 Å². The van der Waals surface area contributed by atoms with Gasteiger partial charge in [0.2, 0.25) is 0 Å². The first-order valence-corrected chi connectivity index (χ1v) is 6.94. The normalized spacial score (nSPS) is 10.7. The number of hydrogen-bond donors (Lipinski definition) is 1. The first-order chi connectivity index (χ1) is 9.08. The molecule has 0 bridgehead atoms. The average molecular weight is 276 g/mol. The third kappa shape index (κ3) is 3.32. The smallest absolute Gasteiger partial charge is 0.354 e. The van der Waals surface area contributed by atoms with Crippen molar-refractivity contribution in [1.29, 1.82) is 0 Å². The van der Waals surface area contributed by atoms with Gasteiger partial charge in [0.15, 0.2) is 0 Å². The Balaban J connectivity index is 2.28. The molecule has 0 amide bonds. The number of carboxylic acids is 1. The largest absolute Gasteiger partial charge is 0.477 e. The van der Waals surface area contributed by atoms with Crippen molar-refractivity contribution in [1.82, 2.24) is 4.98 Å². The number of thiophene rings is 1. The molecule has 0 radical (unpaired) electrons. The standard InChI is InChI=1S/C14H16N2O2S/c1-10(2)16(9-12-4-3-7-19-12)11-5-6-15-13(8-11)14(17)18/h3-8,10H,9H2,1-2H3,(H,17,18). The fourth-order valence-electron chi connectivity index (χ4n) is 1.86. The molecule has 4 nitrogen and oxygen atoms in total. The molecule has 0 unspecified atom stereocenters. The Morgan fingerprint density at radius 1 is 1.47 bits per heavy atom. The highest BCUT2D eigenvalue weighted by Crippen LogP contribution is 2.22. The van der Waals surface area contributed by atoms with Gasteiger partial charge in [-0.25, -0.2) is 9.78 Å². The predicted octanol–water partition coefficient (Wildman–Crippen LogP) is 3.26. The van der Waals surface area contributed by atoms with Crippen LogP contribution in [0.1, 0.15) is 29.2 Å². The second-order valence-corrected chi connectivity index (χ2v) is 5.54. The summed E-state index contributed by atoms with van der Waals surface area (Å²) in [6.07, 6.45) is 1.54. The van der Waals surface area contributed by atoms with Gasteiger partial charge < -0.3 is 10.0 Å². The first-order valence-electron chi connectivity index (χ1n) is 6.06. The number of carboxylic acid groups (broad SMARTS) is 1. The van der Waals surface area contributed by atoms with Gasteiger partial charge in [-0.3, -0.25) is 0 Å². The zero-order valence-electron chi connectivity index (χ0n) is 10.9. The second kappa shape index (κ2) is 5.84.